The Morgan fingerprint density at radius 2 is 2.16 bits per heavy atom. The lowest BCUT2D eigenvalue weighted by Crippen LogP contribution is -2.30. The van der Waals surface area contributed by atoms with Crippen molar-refractivity contribution in [3.05, 3.63) is 11.1 Å². The standard InChI is InChI=1S/C10H13N3O5S/c1-5(14)12-10-13-6(4-19-10)8(16)11-3-2-7(15)9(17)18/h4,7,15H,2-3H2,1H3,(H,11,16)(H,17,18)(H,12,13,14)/t7-/m0/s1. The minimum Gasteiger partial charge on any atom is -0.479 e. The Bertz CT molecular complexity index is 487. The number of hydrogen-bond donors (Lipinski definition) is 4. The molecule has 1 atom stereocenters. The highest BCUT2D eigenvalue weighted by Gasteiger charge is 2.15. The van der Waals surface area contributed by atoms with Gasteiger partial charge in [-0.25, -0.2) is 9.78 Å². The molecule has 0 saturated carbocycles. The van der Waals surface area contributed by atoms with Crippen LogP contribution in [0.5, 0.6) is 0 Å². The van der Waals surface area contributed by atoms with Crippen molar-refractivity contribution in [2.45, 2.75) is 19.4 Å². The monoisotopic (exact) mass is 287 g/mol. The van der Waals surface area contributed by atoms with Crippen LogP contribution in [0.1, 0.15) is 23.8 Å². The zero-order valence-electron chi connectivity index (χ0n) is 10.0. The van der Waals surface area contributed by atoms with E-state index in [4.69, 9.17) is 10.2 Å². The number of carboxylic acid groups (broad SMARTS) is 1. The number of hydrogen-bond acceptors (Lipinski definition) is 6. The summed E-state index contributed by atoms with van der Waals surface area (Å²) in [7, 11) is 0. The number of aliphatic hydroxyl groups excluding tert-OH is 1. The second-order valence-electron chi connectivity index (χ2n) is 3.62. The van der Waals surface area contributed by atoms with Crippen molar-refractivity contribution in [1.82, 2.24) is 10.3 Å². The summed E-state index contributed by atoms with van der Waals surface area (Å²) in [6, 6.07) is 0. The number of nitrogens with one attached hydrogen (secondary N) is 2. The average Bonchev–Trinajstić information content (AvgIpc) is 2.76. The van der Waals surface area contributed by atoms with Crippen molar-refractivity contribution in [2.75, 3.05) is 11.9 Å². The summed E-state index contributed by atoms with van der Waals surface area (Å²) in [5, 5.41) is 24.1. The minimum atomic E-state index is -1.51. The Morgan fingerprint density at radius 1 is 1.47 bits per heavy atom. The molecule has 2 amide bonds. The van der Waals surface area contributed by atoms with Gasteiger partial charge < -0.3 is 20.8 Å². The first-order valence-corrected chi connectivity index (χ1v) is 6.20. The molecule has 1 aromatic heterocycles. The molecule has 4 N–H and O–H groups in total. The van der Waals surface area contributed by atoms with Gasteiger partial charge in [0.15, 0.2) is 11.2 Å². The van der Waals surface area contributed by atoms with Crippen LogP contribution in [0.2, 0.25) is 0 Å². The van der Waals surface area contributed by atoms with Gasteiger partial charge in [-0.15, -0.1) is 11.3 Å². The molecule has 0 saturated heterocycles. The van der Waals surface area contributed by atoms with E-state index in [2.05, 4.69) is 15.6 Å². The van der Waals surface area contributed by atoms with Crippen LogP contribution in [0.4, 0.5) is 5.13 Å². The molecule has 0 radical (unpaired) electrons. The predicted molar refractivity (Wildman–Crippen MR) is 67.0 cm³/mol. The van der Waals surface area contributed by atoms with E-state index in [1.807, 2.05) is 0 Å². The first-order chi connectivity index (χ1) is 8.90. The summed E-state index contributed by atoms with van der Waals surface area (Å²) in [6.45, 7) is 1.34. The van der Waals surface area contributed by atoms with Crippen LogP contribution < -0.4 is 10.6 Å². The fraction of sp³-hybridized carbons (Fsp3) is 0.400. The molecule has 1 aromatic rings. The zero-order valence-corrected chi connectivity index (χ0v) is 10.9. The molecule has 19 heavy (non-hydrogen) atoms. The summed E-state index contributed by atoms with van der Waals surface area (Å²) < 4.78 is 0. The van der Waals surface area contributed by atoms with Gasteiger partial charge in [-0.05, 0) is 0 Å². The van der Waals surface area contributed by atoms with Crippen LogP contribution in [-0.2, 0) is 9.59 Å². The lowest BCUT2D eigenvalue weighted by atomic mass is 10.2. The summed E-state index contributed by atoms with van der Waals surface area (Å²) in [5.41, 5.74) is 0.124. The average molecular weight is 287 g/mol. The van der Waals surface area contributed by atoms with Gasteiger partial charge in [-0.1, -0.05) is 0 Å². The maximum Gasteiger partial charge on any atom is 0.332 e. The molecular formula is C10H13N3O5S. The molecule has 104 valence electrons. The number of aromatic nitrogens is 1. The van der Waals surface area contributed by atoms with Crippen LogP contribution in [0, 0.1) is 0 Å². The molecule has 0 unspecified atom stereocenters. The number of anilines is 1. The summed E-state index contributed by atoms with van der Waals surface area (Å²) >= 11 is 1.10. The van der Waals surface area contributed by atoms with Crippen molar-refractivity contribution < 1.29 is 24.6 Å². The van der Waals surface area contributed by atoms with Gasteiger partial charge in [0.25, 0.3) is 5.91 Å². The lowest BCUT2D eigenvalue weighted by molar-refractivity contribution is -0.146. The molecular weight excluding hydrogens is 274 g/mol. The number of carbonyl (C=O) groups excluding carboxylic acids is 2. The molecule has 1 heterocycles. The summed E-state index contributed by atoms with van der Waals surface area (Å²) in [6.07, 6.45) is -1.60. The molecule has 0 aliphatic rings. The molecule has 1 rings (SSSR count). The maximum atomic E-state index is 11.6. The van der Waals surface area contributed by atoms with E-state index in [1.54, 1.807) is 0 Å². The number of rotatable bonds is 6. The SMILES string of the molecule is CC(=O)Nc1nc(C(=O)NCC[C@H](O)C(=O)O)cs1. The minimum absolute atomic E-state index is 0.0132. The number of aliphatic carboxylic acids is 1. The van der Waals surface area contributed by atoms with E-state index >= 15 is 0 Å². The Hall–Kier alpha value is -2.00. The van der Waals surface area contributed by atoms with Crippen LogP contribution >= 0.6 is 11.3 Å². The number of nitrogens with zero attached hydrogens (tertiary/aromatic N) is 1. The Balaban J connectivity index is 2.43. The molecule has 0 bridgehead atoms. The second-order valence-corrected chi connectivity index (χ2v) is 4.48. The zero-order chi connectivity index (χ0) is 14.4. The van der Waals surface area contributed by atoms with Crippen molar-refractivity contribution in [3.63, 3.8) is 0 Å². The Kier molecular flexibility index (Phi) is 5.39. The Morgan fingerprint density at radius 3 is 2.74 bits per heavy atom. The van der Waals surface area contributed by atoms with Gasteiger partial charge in [-0.3, -0.25) is 9.59 Å². The van der Waals surface area contributed by atoms with Crippen LogP contribution in [0.3, 0.4) is 0 Å². The number of amides is 2. The van der Waals surface area contributed by atoms with Crippen LogP contribution in [0.15, 0.2) is 5.38 Å². The van der Waals surface area contributed by atoms with E-state index in [0.717, 1.165) is 11.3 Å². The first kappa shape index (κ1) is 15.1. The van der Waals surface area contributed by atoms with Crippen molar-refractivity contribution in [3.8, 4) is 0 Å². The highest BCUT2D eigenvalue weighted by atomic mass is 32.1. The first-order valence-electron chi connectivity index (χ1n) is 5.32. The van der Waals surface area contributed by atoms with E-state index in [9.17, 15) is 14.4 Å². The van der Waals surface area contributed by atoms with Gasteiger partial charge in [-0.2, -0.15) is 0 Å². The molecule has 0 aliphatic heterocycles. The van der Waals surface area contributed by atoms with Crippen LogP contribution in [-0.4, -0.2) is 45.6 Å². The number of aliphatic hydroxyl groups is 1. The third-order valence-electron chi connectivity index (χ3n) is 2.01. The largest absolute Gasteiger partial charge is 0.479 e. The summed E-state index contributed by atoms with van der Waals surface area (Å²) in [5.74, 6) is -2.12. The second kappa shape index (κ2) is 6.81. The van der Waals surface area contributed by atoms with Crippen molar-refractivity contribution in [1.29, 1.82) is 0 Å². The lowest BCUT2D eigenvalue weighted by Gasteiger charge is -2.05. The number of carbonyl (C=O) groups is 3. The third kappa shape index (κ3) is 5.02. The molecule has 0 spiro atoms. The molecule has 0 aromatic carbocycles. The fourth-order valence-electron chi connectivity index (χ4n) is 1.12. The fourth-order valence-corrected chi connectivity index (χ4v) is 1.86. The smallest absolute Gasteiger partial charge is 0.332 e. The van der Waals surface area contributed by atoms with Gasteiger partial charge in [0.1, 0.15) is 5.69 Å². The highest BCUT2D eigenvalue weighted by Crippen LogP contribution is 2.14. The molecule has 8 nitrogen and oxygen atoms in total. The van der Waals surface area contributed by atoms with Gasteiger partial charge in [0.05, 0.1) is 0 Å². The van der Waals surface area contributed by atoms with Gasteiger partial charge in [0.2, 0.25) is 5.91 Å². The predicted octanol–water partition coefficient (Wildman–Crippen LogP) is -0.333. The number of thiazole rings is 1. The van der Waals surface area contributed by atoms with Crippen molar-refractivity contribution in [2.24, 2.45) is 0 Å². The van der Waals surface area contributed by atoms with Crippen molar-refractivity contribution >= 4 is 34.3 Å². The molecule has 9 heteroatoms. The topological polar surface area (TPSA) is 129 Å². The van der Waals surface area contributed by atoms with Gasteiger partial charge in [0, 0.05) is 25.3 Å². The highest BCUT2D eigenvalue weighted by molar-refractivity contribution is 7.14. The normalized spacial score (nSPS) is 11.7. The molecule has 0 aliphatic carbocycles. The maximum absolute atomic E-state index is 11.6. The van der Waals surface area contributed by atoms with E-state index in [0.29, 0.717) is 5.13 Å². The Labute approximate surface area is 112 Å². The van der Waals surface area contributed by atoms with Crippen LogP contribution in [0.25, 0.3) is 0 Å². The van der Waals surface area contributed by atoms with E-state index in [1.165, 1.54) is 12.3 Å². The van der Waals surface area contributed by atoms with E-state index < -0.39 is 18.0 Å². The summed E-state index contributed by atoms with van der Waals surface area (Å²) in [4.78, 5) is 36.6. The van der Waals surface area contributed by atoms with E-state index in [-0.39, 0.29) is 24.6 Å². The number of carboxylic acids is 1. The molecule has 0 fully saturated rings. The quantitative estimate of drug-likeness (QED) is 0.567. The third-order valence-corrected chi connectivity index (χ3v) is 2.77. The van der Waals surface area contributed by atoms with Gasteiger partial charge >= 0.3 is 5.97 Å².